The van der Waals surface area contributed by atoms with Crippen LogP contribution in [0.1, 0.15) is 29.6 Å². The molecule has 0 bridgehead atoms. The fraction of sp³-hybridized carbons (Fsp3) is 0.588. The zero-order valence-corrected chi connectivity index (χ0v) is 12.8. The first-order valence-corrected chi connectivity index (χ1v) is 8.21. The first kappa shape index (κ1) is 13.9. The van der Waals surface area contributed by atoms with Gasteiger partial charge in [0.15, 0.2) is 11.5 Å². The molecule has 0 spiro atoms. The van der Waals surface area contributed by atoms with E-state index in [-0.39, 0.29) is 12.7 Å². The molecule has 4 rings (SSSR count). The molecular weight excluding hydrogens is 280 g/mol. The molecule has 3 aliphatic rings. The maximum Gasteiger partial charge on any atom is 0.254 e. The molecule has 2 fully saturated rings. The van der Waals surface area contributed by atoms with E-state index in [1.54, 1.807) is 6.07 Å². The number of fused-ring (bicyclic) bond motifs is 1. The van der Waals surface area contributed by atoms with Gasteiger partial charge in [-0.2, -0.15) is 0 Å². The van der Waals surface area contributed by atoms with Gasteiger partial charge in [0.2, 0.25) is 6.79 Å². The lowest BCUT2D eigenvalue weighted by Crippen LogP contribution is -2.35. The highest BCUT2D eigenvalue weighted by molar-refractivity contribution is 5.95. The molecule has 22 heavy (non-hydrogen) atoms. The predicted molar refractivity (Wildman–Crippen MR) is 82.2 cm³/mol. The number of nitrogens with zero attached hydrogens (tertiary/aromatic N) is 2. The predicted octanol–water partition coefficient (Wildman–Crippen LogP) is 1.97. The lowest BCUT2D eigenvalue weighted by Gasteiger charge is -2.22. The van der Waals surface area contributed by atoms with Crippen molar-refractivity contribution in [2.45, 2.75) is 19.3 Å². The summed E-state index contributed by atoms with van der Waals surface area (Å²) >= 11 is 0. The van der Waals surface area contributed by atoms with Crippen LogP contribution in [0.2, 0.25) is 0 Å². The van der Waals surface area contributed by atoms with E-state index in [0.29, 0.717) is 11.3 Å². The topological polar surface area (TPSA) is 42.0 Å². The van der Waals surface area contributed by atoms with Gasteiger partial charge in [-0.1, -0.05) is 0 Å². The average molecular weight is 302 g/mol. The monoisotopic (exact) mass is 302 g/mol. The van der Waals surface area contributed by atoms with Crippen LogP contribution < -0.4 is 9.47 Å². The van der Waals surface area contributed by atoms with E-state index in [2.05, 4.69) is 4.90 Å². The molecule has 0 atom stereocenters. The van der Waals surface area contributed by atoms with Crippen molar-refractivity contribution in [2.75, 3.05) is 39.5 Å². The van der Waals surface area contributed by atoms with Crippen LogP contribution in [0.15, 0.2) is 18.2 Å². The number of hydrogen-bond donors (Lipinski definition) is 0. The molecule has 2 aliphatic heterocycles. The Hall–Kier alpha value is -1.75. The van der Waals surface area contributed by atoms with Gasteiger partial charge in [-0.15, -0.1) is 0 Å². The van der Waals surface area contributed by atoms with Gasteiger partial charge in [0.25, 0.3) is 5.91 Å². The molecule has 1 aromatic rings. The van der Waals surface area contributed by atoms with E-state index in [4.69, 9.17) is 9.47 Å². The minimum atomic E-state index is 0.103. The first-order valence-electron chi connectivity index (χ1n) is 8.21. The number of hydrogen-bond acceptors (Lipinski definition) is 4. The molecule has 118 valence electrons. The molecule has 0 unspecified atom stereocenters. The van der Waals surface area contributed by atoms with Crippen molar-refractivity contribution in [1.29, 1.82) is 0 Å². The third kappa shape index (κ3) is 2.90. The lowest BCUT2D eigenvalue weighted by atomic mass is 10.1. The summed E-state index contributed by atoms with van der Waals surface area (Å²) in [5.74, 6) is 2.42. The molecule has 1 aliphatic carbocycles. The standard InChI is InChI=1S/C17H22N2O3/c20-17(14-4-5-15-16(10-14)22-12-21-15)19-7-1-6-18(8-9-19)11-13-2-3-13/h4-5,10,13H,1-3,6-9,11-12H2. The zero-order chi connectivity index (χ0) is 14.9. The van der Waals surface area contributed by atoms with Gasteiger partial charge in [0.1, 0.15) is 0 Å². The molecule has 1 saturated carbocycles. The van der Waals surface area contributed by atoms with Crippen LogP contribution >= 0.6 is 0 Å². The fourth-order valence-corrected chi connectivity index (χ4v) is 3.23. The van der Waals surface area contributed by atoms with Crippen molar-refractivity contribution in [1.82, 2.24) is 9.80 Å². The van der Waals surface area contributed by atoms with E-state index in [1.165, 1.54) is 19.4 Å². The maximum absolute atomic E-state index is 12.7. The Balaban J connectivity index is 1.41. The lowest BCUT2D eigenvalue weighted by molar-refractivity contribution is 0.0761. The summed E-state index contributed by atoms with van der Waals surface area (Å²) in [6.45, 7) is 5.22. The molecule has 5 nitrogen and oxygen atoms in total. The van der Waals surface area contributed by atoms with E-state index < -0.39 is 0 Å². The van der Waals surface area contributed by atoms with Gasteiger partial charge in [0, 0.05) is 31.7 Å². The smallest absolute Gasteiger partial charge is 0.254 e. The molecule has 0 N–H and O–H groups in total. The first-order chi connectivity index (χ1) is 10.8. The zero-order valence-electron chi connectivity index (χ0n) is 12.8. The normalized spacial score (nSPS) is 21.7. The van der Waals surface area contributed by atoms with Crippen LogP contribution in [0.3, 0.4) is 0 Å². The second-order valence-electron chi connectivity index (χ2n) is 6.46. The van der Waals surface area contributed by atoms with E-state index in [9.17, 15) is 4.79 Å². The fourth-order valence-electron chi connectivity index (χ4n) is 3.23. The van der Waals surface area contributed by atoms with Crippen LogP contribution in [0.5, 0.6) is 11.5 Å². The number of benzene rings is 1. The van der Waals surface area contributed by atoms with Crippen LogP contribution in [-0.4, -0.2) is 55.2 Å². The second-order valence-corrected chi connectivity index (χ2v) is 6.46. The van der Waals surface area contributed by atoms with Crippen LogP contribution in [0.4, 0.5) is 0 Å². The number of ether oxygens (including phenoxy) is 2. The maximum atomic E-state index is 12.7. The summed E-state index contributed by atoms with van der Waals surface area (Å²) in [4.78, 5) is 17.2. The van der Waals surface area contributed by atoms with Crippen LogP contribution in [0.25, 0.3) is 0 Å². The molecule has 5 heteroatoms. The van der Waals surface area contributed by atoms with Crippen LogP contribution in [0, 0.1) is 5.92 Å². The highest BCUT2D eigenvalue weighted by Gasteiger charge is 2.27. The van der Waals surface area contributed by atoms with E-state index in [1.807, 2.05) is 17.0 Å². The quantitative estimate of drug-likeness (QED) is 0.856. The van der Waals surface area contributed by atoms with Gasteiger partial charge in [-0.3, -0.25) is 4.79 Å². The third-order valence-corrected chi connectivity index (χ3v) is 4.71. The van der Waals surface area contributed by atoms with Crippen molar-refractivity contribution in [2.24, 2.45) is 5.92 Å². The van der Waals surface area contributed by atoms with E-state index >= 15 is 0 Å². The Morgan fingerprint density at radius 1 is 1.09 bits per heavy atom. The molecule has 2 heterocycles. The Labute approximate surface area is 130 Å². The summed E-state index contributed by atoms with van der Waals surface area (Å²) in [7, 11) is 0. The Bertz CT molecular complexity index is 571. The Morgan fingerprint density at radius 3 is 2.82 bits per heavy atom. The SMILES string of the molecule is O=C(c1ccc2c(c1)OCO2)N1CCCN(CC2CC2)CC1. The van der Waals surface area contributed by atoms with Gasteiger partial charge >= 0.3 is 0 Å². The van der Waals surface area contributed by atoms with Gasteiger partial charge < -0.3 is 19.3 Å². The Morgan fingerprint density at radius 2 is 1.95 bits per heavy atom. The Kier molecular flexibility index (Phi) is 3.66. The largest absolute Gasteiger partial charge is 0.454 e. The summed E-state index contributed by atoms with van der Waals surface area (Å²) in [6.07, 6.45) is 3.83. The van der Waals surface area contributed by atoms with Gasteiger partial charge in [0.05, 0.1) is 0 Å². The average Bonchev–Trinajstić information content (AvgIpc) is 3.28. The molecule has 1 aromatic carbocycles. The molecule has 1 amide bonds. The molecule has 0 aromatic heterocycles. The number of rotatable bonds is 3. The summed E-state index contributed by atoms with van der Waals surface area (Å²) in [5, 5.41) is 0. The minimum Gasteiger partial charge on any atom is -0.454 e. The number of amides is 1. The minimum absolute atomic E-state index is 0.103. The van der Waals surface area contributed by atoms with E-state index in [0.717, 1.165) is 44.3 Å². The van der Waals surface area contributed by atoms with Crippen molar-refractivity contribution < 1.29 is 14.3 Å². The van der Waals surface area contributed by atoms with Gasteiger partial charge in [-0.05, 0) is 49.9 Å². The molecule has 1 saturated heterocycles. The van der Waals surface area contributed by atoms with Crippen LogP contribution in [-0.2, 0) is 0 Å². The summed E-state index contributed by atoms with van der Waals surface area (Å²) in [6, 6.07) is 5.47. The summed E-state index contributed by atoms with van der Waals surface area (Å²) < 4.78 is 10.7. The third-order valence-electron chi connectivity index (χ3n) is 4.71. The molecular formula is C17H22N2O3. The van der Waals surface area contributed by atoms with Crippen molar-refractivity contribution >= 4 is 5.91 Å². The molecule has 0 radical (unpaired) electrons. The second kappa shape index (κ2) is 5.80. The van der Waals surface area contributed by atoms with Crippen molar-refractivity contribution in [3.05, 3.63) is 23.8 Å². The van der Waals surface area contributed by atoms with Gasteiger partial charge in [-0.25, -0.2) is 0 Å². The highest BCUT2D eigenvalue weighted by atomic mass is 16.7. The number of carbonyl (C=O) groups is 1. The van der Waals surface area contributed by atoms with Crippen molar-refractivity contribution in [3.63, 3.8) is 0 Å². The number of carbonyl (C=O) groups excluding carboxylic acids is 1. The van der Waals surface area contributed by atoms with Crippen molar-refractivity contribution in [3.8, 4) is 11.5 Å². The summed E-state index contributed by atoms with van der Waals surface area (Å²) in [5.41, 5.74) is 0.694. The highest BCUT2D eigenvalue weighted by Crippen LogP contribution is 2.33.